The molecule has 0 aliphatic rings. The highest BCUT2D eigenvalue weighted by atomic mass is 13.9. The molecule has 0 nitrogen and oxygen atoms in total. The van der Waals surface area contributed by atoms with Crippen molar-refractivity contribution in [2.75, 3.05) is 0 Å². The van der Waals surface area contributed by atoms with E-state index in [4.69, 9.17) is 0 Å². The zero-order valence-electron chi connectivity index (χ0n) is 5.49. The van der Waals surface area contributed by atoms with Gasteiger partial charge in [0.15, 0.2) is 0 Å². The van der Waals surface area contributed by atoms with Gasteiger partial charge in [-0.15, -0.1) is 0 Å². The molecule has 2 radical (unpaired) electrons. The van der Waals surface area contributed by atoms with Crippen molar-refractivity contribution in [1.82, 2.24) is 0 Å². The fraction of sp³-hybridized carbons (Fsp3) is 0.857. The Bertz CT molecular complexity index is 29.0. The van der Waals surface area contributed by atoms with E-state index in [1.807, 2.05) is 6.92 Å². The van der Waals surface area contributed by atoms with Crippen LogP contribution in [0.4, 0.5) is 0 Å². The average Bonchev–Trinajstić information content (AvgIpc) is 1.61. The van der Waals surface area contributed by atoms with E-state index in [0.717, 1.165) is 12.3 Å². The zero-order chi connectivity index (χ0) is 5.70. The van der Waals surface area contributed by atoms with Gasteiger partial charge in [0.05, 0.1) is 0 Å². The third-order valence-electron chi connectivity index (χ3n) is 0.972. The van der Waals surface area contributed by atoms with Gasteiger partial charge in [0.2, 0.25) is 0 Å². The topological polar surface area (TPSA) is 0 Å². The highest BCUT2D eigenvalue weighted by Gasteiger charge is 1.89. The van der Waals surface area contributed by atoms with Gasteiger partial charge < -0.3 is 0 Å². The molecule has 7 heavy (non-hydrogen) atoms. The highest BCUT2D eigenvalue weighted by molar-refractivity contribution is 4.56. The van der Waals surface area contributed by atoms with Gasteiger partial charge >= 0.3 is 0 Å². The Kier molecular flexibility index (Phi) is 4.17. The van der Waals surface area contributed by atoms with E-state index >= 15 is 0 Å². The van der Waals surface area contributed by atoms with Crippen LogP contribution in [-0.4, -0.2) is 0 Å². The van der Waals surface area contributed by atoms with E-state index in [-0.39, 0.29) is 0 Å². The molecule has 0 aromatic carbocycles. The van der Waals surface area contributed by atoms with Crippen LogP contribution in [0.1, 0.15) is 33.6 Å². The summed E-state index contributed by atoms with van der Waals surface area (Å²) < 4.78 is 0. The Balaban J connectivity index is 2.68. The molecule has 0 heteroatoms. The Labute approximate surface area is 46.9 Å². The molecule has 0 aromatic heterocycles. The molecule has 0 fully saturated rings. The lowest BCUT2D eigenvalue weighted by Crippen LogP contribution is -1.84. The summed E-state index contributed by atoms with van der Waals surface area (Å²) in [5.74, 6) is 0.840. The standard InChI is InChI=1S/C7H14/c1-4-5-6-7(2)3/h7H,5-6H2,1-3H3. The summed E-state index contributed by atoms with van der Waals surface area (Å²) in [5.41, 5.74) is 0. The SMILES string of the molecule is C[C]CCC(C)C. The van der Waals surface area contributed by atoms with Gasteiger partial charge in [0, 0.05) is 0 Å². The largest absolute Gasteiger partial charge is 0.0628 e. The highest BCUT2D eigenvalue weighted by Crippen LogP contribution is 2.03. The Morgan fingerprint density at radius 2 is 2.00 bits per heavy atom. The normalized spacial score (nSPS) is 10.3. The summed E-state index contributed by atoms with van der Waals surface area (Å²) in [7, 11) is 0. The molecule has 0 aliphatic carbocycles. The van der Waals surface area contributed by atoms with E-state index in [0.29, 0.717) is 0 Å². The molecular formula is C7H14. The van der Waals surface area contributed by atoms with Crippen LogP contribution in [0.3, 0.4) is 0 Å². The Hall–Kier alpha value is 0. The molecule has 0 saturated heterocycles. The number of unbranched alkanes of at least 4 members (excludes halogenated alkanes) is 1. The molecule has 0 amide bonds. The first-order valence-corrected chi connectivity index (χ1v) is 2.92. The van der Waals surface area contributed by atoms with Crippen LogP contribution in [0.5, 0.6) is 0 Å². The summed E-state index contributed by atoms with van der Waals surface area (Å²) in [5, 5.41) is 0. The van der Waals surface area contributed by atoms with Crippen LogP contribution in [0.2, 0.25) is 0 Å². The van der Waals surface area contributed by atoms with Crippen LogP contribution in [-0.2, 0) is 0 Å². The van der Waals surface area contributed by atoms with Crippen LogP contribution >= 0.6 is 0 Å². The lowest BCUT2D eigenvalue weighted by atomic mass is 10.1. The molecular weight excluding hydrogens is 84.1 g/mol. The van der Waals surface area contributed by atoms with Crippen molar-refractivity contribution in [1.29, 1.82) is 0 Å². The maximum absolute atomic E-state index is 3.10. The predicted molar refractivity (Wildman–Crippen MR) is 33.0 cm³/mol. The summed E-state index contributed by atoms with van der Waals surface area (Å²) >= 11 is 0. The van der Waals surface area contributed by atoms with Gasteiger partial charge in [-0.2, -0.15) is 0 Å². The summed E-state index contributed by atoms with van der Waals surface area (Å²) in [6, 6.07) is 0. The predicted octanol–water partition coefficient (Wildman–Crippen LogP) is 2.52. The van der Waals surface area contributed by atoms with Crippen molar-refractivity contribution in [3.63, 3.8) is 0 Å². The fourth-order valence-electron chi connectivity index (χ4n) is 0.433. The summed E-state index contributed by atoms with van der Waals surface area (Å²) in [4.78, 5) is 0. The molecule has 0 rings (SSSR count). The number of hydrogen-bond acceptors (Lipinski definition) is 0. The van der Waals surface area contributed by atoms with Gasteiger partial charge in [-0.1, -0.05) is 27.2 Å². The third kappa shape index (κ3) is 6.00. The second-order valence-corrected chi connectivity index (χ2v) is 2.29. The van der Waals surface area contributed by atoms with Gasteiger partial charge in [0.25, 0.3) is 0 Å². The summed E-state index contributed by atoms with van der Waals surface area (Å²) in [6.45, 7) is 6.46. The van der Waals surface area contributed by atoms with E-state index in [2.05, 4.69) is 20.3 Å². The van der Waals surface area contributed by atoms with Crippen molar-refractivity contribution < 1.29 is 0 Å². The van der Waals surface area contributed by atoms with Crippen molar-refractivity contribution in [2.45, 2.75) is 33.6 Å². The molecule has 42 valence electrons. The average molecular weight is 98.2 g/mol. The van der Waals surface area contributed by atoms with Gasteiger partial charge in [-0.25, -0.2) is 0 Å². The molecule has 0 aromatic rings. The van der Waals surface area contributed by atoms with Crippen molar-refractivity contribution in [2.24, 2.45) is 5.92 Å². The van der Waals surface area contributed by atoms with Crippen LogP contribution < -0.4 is 0 Å². The molecule has 0 spiro atoms. The molecule has 0 heterocycles. The van der Waals surface area contributed by atoms with E-state index < -0.39 is 0 Å². The second-order valence-electron chi connectivity index (χ2n) is 2.29. The first kappa shape index (κ1) is 7.00. The van der Waals surface area contributed by atoms with Crippen LogP contribution in [0.25, 0.3) is 0 Å². The van der Waals surface area contributed by atoms with E-state index in [1.54, 1.807) is 0 Å². The fourth-order valence-corrected chi connectivity index (χ4v) is 0.433. The van der Waals surface area contributed by atoms with Crippen molar-refractivity contribution in [3.05, 3.63) is 6.42 Å². The third-order valence-corrected chi connectivity index (χ3v) is 0.972. The first-order chi connectivity index (χ1) is 3.27. The first-order valence-electron chi connectivity index (χ1n) is 2.92. The molecule has 0 unspecified atom stereocenters. The monoisotopic (exact) mass is 98.1 g/mol. The molecule has 0 saturated carbocycles. The molecule has 0 aliphatic heterocycles. The smallest absolute Gasteiger partial charge is 0.0207 e. The van der Waals surface area contributed by atoms with E-state index in [9.17, 15) is 0 Å². The van der Waals surface area contributed by atoms with E-state index in [1.165, 1.54) is 6.42 Å². The molecule has 0 N–H and O–H groups in total. The maximum Gasteiger partial charge on any atom is -0.0207 e. The minimum atomic E-state index is 0.840. The van der Waals surface area contributed by atoms with Gasteiger partial charge in [0.1, 0.15) is 0 Å². The van der Waals surface area contributed by atoms with Gasteiger partial charge in [-0.3, -0.25) is 0 Å². The molecule has 0 bridgehead atoms. The minimum Gasteiger partial charge on any atom is -0.0628 e. The summed E-state index contributed by atoms with van der Waals surface area (Å²) in [6.07, 6.45) is 5.54. The lowest BCUT2D eigenvalue weighted by molar-refractivity contribution is 0.583. The maximum atomic E-state index is 3.10. The number of rotatable bonds is 3. The van der Waals surface area contributed by atoms with Gasteiger partial charge in [-0.05, 0) is 18.8 Å². The Morgan fingerprint density at radius 3 is 2.14 bits per heavy atom. The van der Waals surface area contributed by atoms with Crippen LogP contribution in [0, 0.1) is 12.3 Å². The van der Waals surface area contributed by atoms with Crippen LogP contribution in [0.15, 0.2) is 0 Å². The number of hydrogen-bond donors (Lipinski definition) is 0. The van der Waals surface area contributed by atoms with Crippen molar-refractivity contribution >= 4 is 0 Å². The molecule has 0 atom stereocenters. The second kappa shape index (κ2) is 4.17. The zero-order valence-corrected chi connectivity index (χ0v) is 5.49. The van der Waals surface area contributed by atoms with Crippen molar-refractivity contribution in [3.8, 4) is 0 Å². The lowest BCUT2D eigenvalue weighted by Gasteiger charge is -1.98. The minimum absolute atomic E-state index is 0.840. The Morgan fingerprint density at radius 1 is 1.43 bits per heavy atom. The quantitative estimate of drug-likeness (QED) is 0.509.